The van der Waals surface area contributed by atoms with E-state index in [1.54, 1.807) is 12.2 Å². The van der Waals surface area contributed by atoms with Crippen molar-refractivity contribution in [2.45, 2.75) is 12.5 Å². The Morgan fingerprint density at radius 3 is 2.38 bits per heavy atom. The molecule has 0 amide bonds. The molecule has 0 heterocycles. The molecule has 0 bridgehead atoms. The van der Waals surface area contributed by atoms with E-state index >= 15 is 0 Å². The van der Waals surface area contributed by atoms with Crippen LogP contribution in [0.4, 0.5) is 0 Å². The molecule has 8 heavy (non-hydrogen) atoms. The zero-order valence-corrected chi connectivity index (χ0v) is 4.80. The Balaban J connectivity index is 3.35. The number of rotatable bonds is 4. The molecule has 1 atom stereocenters. The summed E-state index contributed by atoms with van der Waals surface area (Å²) in [5.74, 6) is 0. The van der Waals surface area contributed by atoms with Gasteiger partial charge in [0.1, 0.15) is 0 Å². The lowest BCUT2D eigenvalue weighted by molar-refractivity contribution is 0.144. The highest BCUT2D eigenvalue weighted by Gasteiger charge is 1.94. The minimum absolute atomic E-state index is 0.0486. The van der Waals surface area contributed by atoms with Gasteiger partial charge in [-0.1, -0.05) is 12.2 Å². The summed E-state index contributed by atoms with van der Waals surface area (Å²) in [4.78, 5) is 0. The van der Waals surface area contributed by atoms with Gasteiger partial charge in [0.15, 0.2) is 0 Å². The molecule has 0 radical (unpaired) electrons. The molecule has 1 unspecified atom stereocenters. The van der Waals surface area contributed by atoms with Gasteiger partial charge in [-0.3, -0.25) is 0 Å². The van der Waals surface area contributed by atoms with Gasteiger partial charge in [-0.25, -0.2) is 0 Å². The summed E-state index contributed by atoms with van der Waals surface area (Å²) in [6, 6.07) is -0.0486. The highest BCUT2D eigenvalue weighted by atomic mass is 16.5. The summed E-state index contributed by atoms with van der Waals surface area (Å²) in [5, 5.41) is 8.29. The maximum atomic E-state index is 8.29. The Kier molecular flexibility index (Phi) is 4.21. The van der Waals surface area contributed by atoms with Crippen molar-refractivity contribution in [3.05, 3.63) is 25.3 Å². The van der Waals surface area contributed by atoms with Crippen molar-refractivity contribution in [1.29, 1.82) is 0 Å². The summed E-state index contributed by atoms with van der Waals surface area (Å²) >= 11 is 0. The molecule has 0 fully saturated rings. The number of nitrogens with one attached hydrogen (secondary N) is 1. The first-order chi connectivity index (χ1) is 3.85. The first kappa shape index (κ1) is 7.40. The molecule has 0 aromatic heterocycles. The number of hydroxylamine groups is 1. The third-order valence-corrected chi connectivity index (χ3v) is 0.871. The molecule has 0 aromatic rings. The summed E-state index contributed by atoms with van der Waals surface area (Å²) in [6.45, 7) is 6.98. The maximum absolute atomic E-state index is 8.29. The van der Waals surface area contributed by atoms with E-state index in [1.807, 2.05) is 0 Å². The van der Waals surface area contributed by atoms with Crippen molar-refractivity contribution >= 4 is 0 Å². The average Bonchev–Trinajstić information content (AvgIpc) is 1.83. The van der Waals surface area contributed by atoms with Gasteiger partial charge in [0, 0.05) is 0 Å². The smallest absolute Gasteiger partial charge is 0.0531 e. The van der Waals surface area contributed by atoms with Crippen LogP contribution >= 0.6 is 0 Å². The van der Waals surface area contributed by atoms with Crippen LogP contribution in [0.15, 0.2) is 25.3 Å². The minimum Gasteiger partial charge on any atom is -0.316 e. The summed E-state index contributed by atoms with van der Waals surface area (Å²) in [6.07, 6.45) is 4.05. The van der Waals surface area contributed by atoms with Gasteiger partial charge < -0.3 is 5.21 Å². The molecule has 2 N–H and O–H groups in total. The minimum atomic E-state index is -0.0486. The second kappa shape index (κ2) is 4.56. The van der Waals surface area contributed by atoms with E-state index in [1.165, 1.54) is 0 Å². The lowest BCUT2D eigenvalue weighted by Gasteiger charge is -2.03. The fourth-order valence-corrected chi connectivity index (χ4v) is 0.381. The molecule has 46 valence electrons. The van der Waals surface area contributed by atoms with E-state index in [4.69, 9.17) is 5.21 Å². The Hall–Kier alpha value is -0.600. The van der Waals surface area contributed by atoms with Gasteiger partial charge in [0.05, 0.1) is 6.04 Å². The second-order valence-corrected chi connectivity index (χ2v) is 1.50. The van der Waals surface area contributed by atoms with Crippen molar-refractivity contribution in [3.63, 3.8) is 0 Å². The van der Waals surface area contributed by atoms with E-state index in [9.17, 15) is 0 Å². The first-order valence-corrected chi connectivity index (χ1v) is 2.48. The van der Waals surface area contributed by atoms with Crippen LogP contribution in [-0.4, -0.2) is 11.2 Å². The van der Waals surface area contributed by atoms with Gasteiger partial charge in [-0.15, -0.1) is 13.2 Å². The van der Waals surface area contributed by atoms with Crippen LogP contribution in [0.1, 0.15) is 6.42 Å². The lowest BCUT2D eigenvalue weighted by atomic mass is 10.2. The van der Waals surface area contributed by atoms with Crippen molar-refractivity contribution < 1.29 is 5.21 Å². The first-order valence-electron chi connectivity index (χ1n) is 2.48. The van der Waals surface area contributed by atoms with Crippen molar-refractivity contribution in [3.8, 4) is 0 Å². The van der Waals surface area contributed by atoms with Gasteiger partial charge >= 0.3 is 0 Å². The maximum Gasteiger partial charge on any atom is 0.0531 e. The van der Waals surface area contributed by atoms with E-state index in [2.05, 4.69) is 18.6 Å². The molecular weight excluding hydrogens is 102 g/mol. The van der Waals surface area contributed by atoms with Crippen LogP contribution in [0.2, 0.25) is 0 Å². The number of hydrogen-bond donors (Lipinski definition) is 2. The standard InChI is InChI=1S/C6H11NO/c1-3-5-6(4-2)7-8/h3-4,6-8H,1-2,5H2. The van der Waals surface area contributed by atoms with Crippen LogP contribution < -0.4 is 5.48 Å². The molecule has 0 saturated heterocycles. The Labute approximate surface area is 49.5 Å². The van der Waals surface area contributed by atoms with Crippen molar-refractivity contribution in [2.24, 2.45) is 0 Å². The zero-order chi connectivity index (χ0) is 6.41. The molecule has 0 aliphatic heterocycles. The summed E-state index contributed by atoms with van der Waals surface area (Å²) in [5.41, 5.74) is 2.06. The Bertz CT molecular complexity index is 80.6. The molecule has 2 heteroatoms. The third kappa shape index (κ3) is 2.55. The lowest BCUT2D eigenvalue weighted by Crippen LogP contribution is -2.21. The van der Waals surface area contributed by atoms with Crippen LogP contribution in [0.25, 0.3) is 0 Å². The molecule has 0 spiro atoms. The predicted octanol–water partition coefficient (Wildman–Crippen LogP) is 1.10. The number of hydrogen-bond acceptors (Lipinski definition) is 2. The van der Waals surface area contributed by atoms with Gasteiger partial charge in [0.2, 0.25) is 0 Å². The molecule has 2 nitrogen and oxygen atoms in total. The van der Waals surface area contributed by atoms with Crippen LogP contribution in [-0.2, 0) is 0 Å². The van der Waals surface area contributed by atoms with E-state index in [-0.39, 0.29) is 6.04 Å². The van der Waals surface area contributed by atoms with E-state index in [0.717, 1.165) is 0 Å². The van der Waals surface area contributed by atoms with Gasteiger partial charge in [-0.2, -0.15) is 5.48 Å². The predicted molar refractivity (Wildman–Crippen MR) is 33.7 cm³/mol. The molecular formula is C6H11NO. The third-order valence-electron chi connectivity index (χ3n) is 0.871. The molecule has 0 rings (SSSR count). The SMILES string of the molecule is C=CCC(C=C)NO. The Morgan fingerprint density at radius 1 is 1.62 bits per heavy atom. The normalized spacial score (nSPS) is 12.6. The van der Waals surface area contributed by atoms with Crippen LogP contribution in [0, 0.1) is 0 Å². The van der Waals surface area contributed by atoms with Crippen LogP contribution in [0.3, 0.4) is 0 Å². The molecule has 0 aliphatic carbocycles. The van der Waals surface area contributed by atoms with Gasteiger partial charge in [0.25, 0.3) is 0 Å². The van der Waals surface area contributed by atoms with E-state index < -0.39 is 0 Å². The summed E-state index contributed by atoms with van der Waals surface area (Å²) < 4.78 is 0. The molecule has 0 saturated carbocycles. The van der Waals surface area contributed by atoms with Gasteiger partial charge in [-0.05, 0) is 6.42 Å². The molecule has 0 aromatic carbocycles. The quantitative estimate of drug-likeness (QED) is 0.422. The Morgan fingerprint density at radius 2 is 2.25 bits per heavy atom. The molecule has 0 aliphatic rings. The fourth-order valence-electron chi connectivity index (χ4n) is 0.381. The zero-order valence-electron chi connectivity index (χ0n) is 4.80. The summed E-state index contributed by atoms with van der Waals surface area (Å²) in [7, 11) is 0. The fraction of sp³-hybridized carbons (Fsp3) is 0.333. The largest absolute Gasteiger partial charge is 0.316 e. The highest BCUT2D eigenvalue weighted by molar-refractivity contribution is 4.88. The highest BCUT2D eigenvalue weighted by Crippen LogP contribution is 1.90. The van der Waals surface area contributed by atoms with Crippen molar-refractivity contribution in [2.75, 3.05) is 0 Å². The average molecular weight is 113 g/mol. The monoisotopic (exact) mass is 113 g/mol. The van der Waals surface area contributed by atoms with Crippen molar-refractivity contribution in [1.82, 2.24) is 5.48 Å². The van der Waals surface area contributed by atoms with E-state index in [0.29, 0.717) is 6.42 Å². The van der Waals surface area contributed by atoms with Crippen LogP contribution in [0.5, 0.6) is 0 Å². The topological polar surface area (TPSA) is 32.3 Å². The second-order valence-electron chi connectivity index (χ2n) is 1.50.